The van der Waals surface area contributed by atoms with Crippen LogP contribution < -0.4 is 4.74 Å². The molecule has 1 N–H and O–H groups in total. The number of benzene rings is 2. The summed E-state index contributed by atoms with van der Waals surface area (Å²) in [6.45, 7) is 3.85. The Balaban J connectivity index is 2.41. The largest absolute Gasteiger partial charge is 0.456 e. The van der Waals surface area contributed by atoms with Crippen LogP contribution in [0.25, 0.3) is 0 Å². The normalized spacial score (nSPS) is 10.1. The van der Waals surface area contributed by atoms with Gasteiger partial charge in [-0.3, -0.25) is 10.3 Å². The van der Waals surface area contributed by atoms with Crippen molar-refractivity contribution in [2.45, 2.75) is 13.8 Å². The molecular formula is C19H20N2O3S. The molecular weight excluding hydrogens is 336 g/mol. The molecule has 0 spiro atoms. The third-order valence-electron chi connectivity index (χ3n) is 3.75. The van der Waals surface area contributed by atoms with E-state index in [0.29, 0.717) is 17.1 Å². The van der Waals surface area contributed by atoms with E-state index in [1.54, 1.807) is 6.07 Å². The van der Waals surface area contributed by atoms with Gasteiger partial charge in [0.2, 0.25) is 0 Å². The smallest absolute Gasteiger partial charge is 0.414 e. The van der Waals surface area contributed by atoms with Crippen LogP contribution in [0, 0.1) is 19.3 Å². The third-order valence-corrected chi connectivity index (χ3v) is 4.23. The van der Waals surface area contributed by atoms with Crippen LogP contribution in [0.3, 0.4) is 0 Å². The number of hydrogen-bond acceptors (Lipinski definition) is 5. The fourth-order valence-corrected chi connectivity index (χ4v) is 2.45. The number of aryl methyl sites for hydroxylation is 2. The van der Waals surface area contributed by atoms with E-state index in [1.807, 2.05) is 50.2 Å². The first-order chi connectivity index (χ1) is 11.9. The molecule has 0 saturated carbocycles. The second-order valence-corrected chi connectivity index (χ2v) is 5.92. The van der Waals surface area contributed by atoms with Crippen LogP contribution in [0.4, 0.5) is 4.79 Å². The summed E-state index contributed by atoms with van der Waals surface area (Å²) in [6.07, 6.45) is -0.622. The number of carbonyl (C=O) groups is 1. The minimum absolute atomic E-state index is 0.0233. The molecule has 0 radical (unpaired) electrons. The average molecular weight is 356 g/mol. The fourth-order valence-electron chi connectivity index (χ4n) is 2.27. The topological polar surface area (TPSA) is 62.6 Å². The molecule has 5 nitrogen and oxygen atoms in total. The molecule has 130 valence electrons. The van der Waals surface area contributed by atoms with E-state index < -0.39 is 6.09 Å². The fraction of sp³-hybridized carbons (Fsp3) is 0.211. The van der Waals surface area contributed by atoms with Crippen LogP contribution in [-0.2, 0) is 4.74 Å². The highest BCUT2D eigenvalue weighted by atomic mass is 32.1. The molecule has 0 atom stereocenters. The highest BCUT2D eigenvalue weighted by molar-refractivity contribution is 7.82. The number of methoxy groups -OCH3 is 1. The highest BCUT2D eigenvalue weighted by Gasteiger charge is 2.22. The van der Waals surface area contributed by atoms with Crippen molar-refractivity contribution < 1.29 is 14.3 Å². The number of rotatable bonds is 4. The molecule has 25 heavy (non-hydrogen) atoms. The number of hydrogen-bond donors (Lipinski definition) is 1. The lowest BCUT2D eigenvalue weighted by Crippen LogP contribution is -2.36. The van der Waals surface area contributed by atoms with Gasteiger partial charge in [-0.1, -0.05) is 42.5 Å². The maximum absolute atomic E-state index is 11.7. The molecule has 1 amide bonds. The van der Waals surface area contributed by atoms with Crippen molar-refractivity contribution >= 4 is 29.0 Å². The lowest BCUT2D eigenvalue weighted by Gasteiger charge is -2.20. The SMILES string of the molecule is COC(=O)N(C)C(=S)C(=N)c1cccc(C)c1Oc1ccccc1C. The second-order valence-electron chi connectivity index (χ2n) is 5.53. The maximum atomic E-state index is 11.7. The van der Waals surface area contributed by atoms with Gasteiger partial charge >= 0.3 is 6.09 Å². The predicted molar refractivity (Wildman–Crippen MR) is 102 cm³/mol. The van der Waals surface area contributed by atoms with E-state index >= 15 is 0 Å². The Hall–Kier alpha value is -2.73. The van der Waals surface area contributed by atoms with Crippen LogP contribution in [0.1, 0.15) is 16.7 Å². The van der Waals surface area contributed by atoms with Gasteiger partial charge in [0.25, 0.3) is 0 Å². The molecule has 2 rings (SSSR count). The van der Waals surface area contributed by atoms with Crippen molar-refractivity contribution in [2.75, 3.05) is 14.2 Å². The van der Waals surface area contributed by atoms with Crippen molar-refractivity contribution in [2.24, 2.45) is 0 Å². The summed E-state index contributed by atoms with van der Waals surface area (Å²) in [5.74, 6) is 1.25. The number of para-hydroxylation sites is 2. The molecule has 6 heteroatoms. The Labute approximate surface area is 152 Å². The Morgan fingerprint density at radius 2 is 1.72 bits per heavy atom. The lowest BCUT2D eigenvalue weighted by molar-refractivity contribution is 0.153. The number of nitrogens with zero attached hydrogens (tertiary/aromatic N) is 1. The quantitative estimate of drug-likeness (QED) is 0.648. The standard InChI is InChI=1S/C19H20N2O3S/c1-12-8-5-6-11-15(12)24-17-13(2)9-7-10-14(17)16(20)18(25)21(3)19(22)23-4/h5-11,20H,1-4H3. The first-order valence-corrected chi connectivity index (χ1v) is 8.05. The summed E-state index contributed by atoms with van der Waals surface area (Å²) >= 11 is 5.26. The molecule has 0 heterocycles. The van der Waals surface area contributed by atoms with Gasteiger partial charge in [-0.25, -0.2) is 4.79 Å². The summed E-state index contributed by atoms with van der Waals surface area (Å²) in [5.41, 5.74) is 2.39. The first-order valence-electron chi connectivity index (χ1n) is 7.64. The van der Waals surface area contributed by atoms with Crippen molar-refractivity contribution in [3.63, 3.8) is 0 Å². The van der Waals surface area contributed by atoms with Crippen molar-refractivity contribution in [3.8, 4) is 11.5 Å². The minimum Gasteiger partial charge on any atom is -0.456 e. The van der Waals surface area contributed by atoms with Crippen LogP contribution in [0.15, 0.2) is 42.5 Å². The van der Waals surface area contributed by atoms with Crippen molar-refractivity contribution in [1.82, 2.24) is 4.90 Å². The number of ether oxygens (including phenoxy) is 2. The van der Waals surface area contributed by atoms with Crippen LogP contribution in [0.2, 0.25) is 0 Å². The average Bonchev–Trinajstić information content (AvgIpc) is 2.62. The number of thiocarbonyl (C=S) groups is 1. The van der Waals surface area contributed by atoms with Gasteiger partial charge in [-0.05, 0) is 37.1 Å². The van der Waals surface area contributed by atoms with Crippen molar-refractivity contribution in [1.29, 1.82) is 5.41 Å². The van der Waals surface area contributed by atoms with Crippen molar-refractivity contribution in [3.05, 3.63) is 59.2 Å². The molecule has 0 bridgehead atoms. The van der Waals surface area contributed by atoms with E-state index in [2.05, 4.69) is 4.74 Å². The monoisotopic (exact) mass is 356 g/mol. The molecule has 0 fully saturated rings. The number of amides is 1. The van der Waals surface area contributed by atoms with Gasteiger partial charge < -0.3 is 9.47 Å². The third kappa shape index (κ3) is 4.03. The van der Waals surface area contributed by atoms with Gasteiger partial charge in [0.15, 0.2) is 0 Å². The summed E-state index contributed by atoms with van der Waals surface area (Å²) in [5, 5.41) is 8.42. The van der Waals surface area contributed by atoms with Crippen LogP contribution >= 0.6 is 12.2 Å². The maximum Gasteiger partial charge on any atom is 0.414 e. The molecule has 0 aliphatic carbocycles. The van der Waals surface area contributed by atoms with E-state index in [9.17, 15) is 4.79 Å². The Kier molecular flexibility index (Phi) is 5.88. The molecule has 0 aliphatic heterocycles. The zero-order valence-electron chi connectivity index (χ0n) is 14.6. The van der Waals surface area contributed by atoms with E-state index in [4.69, 9.17) is 22.4 Å². The zero-order valence-corrected chi connectivity index (χ0v) is 15.4. The highest BCUT2D eigenvalue weighted by Crippen LogP contribution is 2.31. The minimum atomic E-state index is -0.622. The van der Waals surface area contributed by atoms with Crippen LogP contribution in [0.5, 0.6) is 11.5 Å². The number of carbonyl (C=O) groups excluding carboxylic acids is 1. The molecule has 0 aromatic heterocycles. The Bertz CT molecular complexity index is 833. The summed E-state index contributed by atoms with van der Waals surface area (Å²) in [6, 6.07) is 13.1. The summed E-state index contributed by atoms with van der Waals surface area (Å²) in [4.78, 5) is 12.8. The number of likely N-dealkylation sites (N-methyl/N-ethyl adjacent to an activating group) is 1. The van der Waals surface area contributed by atoms with Gasteiger partial charge in [-0.15, -0.1) is 0 Å². The van der Waals surface area contributed by atoms with E-state index in [-0.39, 0.29) is 10.7 Å². The Morgan fingerprint density at radius 1 is 1.08 bits per heavy atom. The van der Waals surface area contributed by atoms with E-state index in [0.717, 1.165) is 16.0 Å². The summed E-state index contributed by atoms with van der Waals surface area (Å²) in [7, 11) is 2.74. The molecule has 0 aliphatic rings. The van der Waals surface area contributed by atoms with Gasteiger partial charge in [0, 0.05) is 12.6 Å². The summed E-state index contributed by atoms with van der Waals surface area (Å²) < 4.78 is 10.7. The molecule has 2 aromatic rings. The molecule has 2 aromatic carbocycles. The predicted octanol–water partition coefficient (Wildman–Crippen LogP) is 4.49. The lowest BCUT2D eigenvalue weighted by atomic mass is 10.0. The van der Waals surface area contributed by atoms with E-state index in [1.165, 1.54) is 14.2 Å². The van der Waals surface area contributed by atoms with Crippen LogP contribution in [-0.4, -0.2) is 35.9 Å². The van der Waals surface area contributed by atoms with Gasteiger partial charge in [0.05, 0.1) is 7.11 Å². The first kappa shape index (κ1) is 18.6. The molecule has 0 unspecified atom stereocenters. The van der Waals surface area contributed by atoms with Gasteiger partial charge in [0.1, 0.15) is 22.2 Å². The number of nitrogens with one attached hydrogen (secondary N) is 1. The molecule has 0 saturated heterocycles. The second kappa shape index (κ2) is 7.90. The Morgan fingerprint density at radius 3 is 2.36 bits per heavy atom. The zero-order chi connectivity index (χ0) is 18.6. The van der Waals surface area contributed by atoms with Gasteiger partial charge in [-0.2, -0.15) is 0 Å².